The summed E-state index contributed by atoms with van der Waals surface area (Å²) < 4.78 is 10.5. The Morgan fingerprint density at radius 3 is 2.27 bits per heavy atom. The maximum Gasteiger partial charge on any atom is 0.407 e. The van der Waals surface area contributed by atoms with E-state index in [-0.39, 0.29) is 11.9 Å². The summed E-state index contributed by atoms with van der Waals surface area (Å²) in [5.74, 6) is 0.0527. The van der Waals surface area contributed by atoms with Gasteiger partial charge in [-0.2, -0.15) is 0 Å². The zero-order valence-corrected chi connectivity index (χ0v) is 14.5. The summed E-state index contributed by atoms with van der Waals surface area (Å²) in [6, 6.07) is 0.278. The highest BCUT2D eigenvalue weighted by Crippen LogP contribution is 2.24. The van der Waals surface area contributed by atoms with Crippen molar-refractivity contribution in [3.63, 3.8) is 0 Å². The molecule has 0 bridgehead atoms. The molecule has 0 aromatic heterocycles. The second-order valence-electron chi connectivity index (χ2n) is 6.85. The van der Waals surface area contributed by atoms with Crippen molar-refractivity contribution >= 4 is 12.0 Å². The molecule has 0 spiro atoms. The number of nitrogens with zero attached hydrogens (tertiary/aromatic N) is 1. The van der Waals surface area contributed by atoms with Gasteiger partial charge in [-0.25, -0.2) is 4.79 Å². The lowest BCUT2D eigenvalue weighted by molar-refractivity contribution is -0.133. The van der Waals surface area contributed by atoms with Gasteiger partial charge in [-0.15, -0.1) is 0 Å². The van der Waals surface area contributed by atoms with E-state index < -0.39 is 11.7 Å². The molecule has 128 valence electrons. The van der Waals surface area contributed by atoms with Crippen LogP contribution in [0.3, 0.4) is 0 Å². The van der Waals surface area contributed by atoms with Crippen molar-refractivity contribution in [2.24, 2.45) is 0 Å². The molecule has 1 aliphatic carbocycles. The van der Waals surface area contributed by atoms with E-state index in [0.29, 0.717) is 19.1 Å². The van der Waals surface area contributed by atoms with Crippen LogP contribution >= 0.6 is 0 Å². The minimum Gasteiger partial charge on any atom is -0.444 e. The molecule has 1 aliphatic rings. The molecule has 1 fully saturated rings. The predicted octanol–water partition coefficient (Wildman–Crippen LogP) is 2.32. The van der Waals surface area contributed by atoms with Gasteiger partial charge in [0.1, 0.15) is 5.60 Å². The molecule has 0 saturated heterocycles. The van der Waals surface area contributed by atoms with Crippen molar-refractivity contribution in [3.05, 3.63) is 0 Å². The van der Waals surface area contributed by atoms with Gasteiger partial charge in [-0.1, -0.05) is 0 Å². The Morgan fingerprint density at radius 1 is 1.18 bits per heavy atom. The fourth-order valence-corrected chi connectivity index (χ4v) is 2.63. The molecule has 2 amide bonds. The number of nitrogens with one attached hydrogen (secondary N) is 1. The van der Waals surface area contributed by atoms with E-state index in [2.05, 4.69) is 5.32 Å². The summed E-state index contributed by atoms with van der Waals surface area (Å²) in [5.41, 5.74) is -0.523. The van der Waals surface area contributed by atoms with Crippen LogP contribution in [-0.4, -0.2) is 55.3 Å². The van der Waals surface area contributed by atoms with Crippen molar-refractivity contribution in [3.8, 4) is 0 Å². The summed E-state index contributed by atoms with van der Waals surface area (Å²) in [5, 5.41) is 2.62. The maximum atomic E-state index is 12.2. The first-order valence-electron chi connectivity index (χ1n) is 7.98. The zero-order chi connectivity index (χ0) is 16.8. The number of alkyl carbamates (subject to hydrolysis) is 1. The summed E-state index contributed by atoms with van der Waals surface area (Å²) in [4.78, 5) is 25.5. The van der Waals surface area contributed by atoms with Crippen molar-refractivity contribution in [2.45, 2.75) is 70.6 Å². The molecule has 6 heteroatoms. The quantitative estimate of drug-likeness (QED) is 0.845. The molecule has 0 unspecified atom stereocenters. The monoisotopic (exact) mass is 314 g/mol. The molecule has 0 atom stereocenters. The van der Waals surface area contributed by atoms with Crippen LogP contribution in [0.25, 0.3) is 0 Å². The number of carbonyl (C=O) groups excluding carboxylic acids is 2. The van der Waals surface area contributed by atoms with E-state index >= 15 is 0 Å². The average molecular weight is 314 g/mol. The van der Waals surface area contributed by atoms with Crippen LogP contribution in [0.15, 0.2) is 0 Å². The van der Waals surface area contributed by atoms with Gasteiger partial charge in [-0.05, 0) is 46.5 Å². The highest BCUT2D eigenvalue weighted by atomic mass is 16.6. The number of methoxy groups -OCH3 is 1. The fraction of sp³-hybridized carbons (Fsp3) is 0.875. The van der Waals surface area contributed by atoms with E-state index in [1.54, 1.807) is 7.11 Å². The lowest BCUT2D eigenvalue weighted by atomic mass is 9.92. The van der Waals surface area contributed by atoms with E-state index in [4.69, 9.17) is 9.47 Å². The number of hydrogen-bond acceptors (Lipinski definition) is 4. The lowest BCUT2D eigenvalue weighted by Crippen LogP contribution is -2.42. The van der Waals surface area contributed by atoms with E-state index in [1.165, 1.54) is 0 Å². The van der Waals surface area contributed by atoms with E-state index in [9.17, 15) is 9.59 Å². The van der Waals surface area contributed by atoms with Crippen LogP contribution in [0.5, 0.6) is 0 Å². The van der Waals surface area contributed by atoms with Crippen LogP contribution < -0.4 is 5.32 Å². The molecule has 1 rings (SSSR count). The topological polar surface area (TPSA) is 67.9 Å². The molecule has 0 aromatic carbocycles. The van der Waals surface area contributed by atoms with Gasteiger partial charge in [0.25, 0.3) is 0 Å². The third kappa shape index (κ3) is 6.64. The standard InChI is InChI=1S/C16H30N2O4/c1-16(2,3)22-15(20)17-11-10-14(19)18(4)12-6-8-13(21-5)9-7-12/h12-13H,6-11H2,1-5H3,(H,17,20). The Balaban J connectivity index is 2.26. The minimum absolute atomic E-state index is 0.0527. The van der Waals surface area contributed by atoms with Gasteiger partial charge in [-0.3, -0.25) is 4.79 Å². The van der Waals surface area contributed by atoms with Crippen LogP contribution in [0.4, 0.5) is 4.79 Å². The molecule has 0 radical (unpaired) electrons. The largest absolute Gasteiger partial charge is 0.444 e. The third-order valence-electron chi connectivity index (χ3n) is 3.93. The van der Waals surface area contributed by atoms with Crippen LogP contribution in [0.1, 0.15) is 52.9 Å². The molecule has 0 heterocycles. The van der Waals surface area contributed by atoms with Gasteiger partial charge in [0, 0.05) is 33.2 Å². The SMILES string of the molecule is COC1CCC(N(C)C(=O)CCNC(=O)OC(C)(C)C)CC1. The Hall–Kier alpha value is -1.30. The molecule has 1 saturated carbocycles. The van der Waals surface area contributed by atoms with Crippen LogP contribution in [0.2, 0.25) is 0 Å². The normalized spacial score (nSPS) is 22.0. The third-order valence-corrected chi connectivity index (χ3v) is 3.93. The summed E-state index contributed by atoms with van der Waals surface area (Å²) >= 11 is 0. The first kappa shape index (κ1) is 18.7. The minimum atomic E-state index is -0.523. The number of carbonyl (C=O) groups is 2. The van der Waals surface area contributed by atoms with Gasteiger partial charge in [0.05, 0.1) is 6.10 Å². The number of rotatable bonds is 5. The predicted molar refractivity (Wildman–Crippen MR) is 84.7 cm³/mol. The van der Waals surface area contributed by atoms with Gasteiger partial charge in [0.2, 0.25) is 5.91 Å². The number of amides is 2. The molecule has 22 heavy (non-hydrogen) atoms. The Morgan fingerprint density at radius 2 is 1.77 bits per heavy atom. The number of hydrogen-bond donors (Lipinski definition) is 1. The zero-order valence-electron chi connectivity index (χ0n) is 14.5. The second kappa shape index (κ2) is 8.36. The Kier molecular flexibility index (Phi) is 7.13. The Labute approximate surface area is 133 Å². The van der Waals surface area contributed by atoms with E-state index in [0.717, 1.165) is 25.7 Å². The maximum absolute atomic E-state index is 12.2. The molecule has 0 aliphatic heterocycles. The molecular formula is C16H30N2O4. The first-order chi connectivity index (χ1) is 10.2. The highest BCUT2D eigenvalue weighted by molar-refractivity contribution is 5.77. The second-order valence-corrected chi connectivity index (χ2v) is 6.85. The van der Waals surface area contributed by atoms with Gasteiger partial charge < -0.3 is 19.7 Å². The fourth-order valence-electron chi connectivity index (χ4n) is 2.63. The average Bonchev–Trinajstić information content (AvgIpc) is 2.44. The van der Waals surface area contributed by atoms with Crippen molar-refractivity contribution in [2.75, 3.05) is 20.7 Å². The summed E-state index contributed by atoms with van der Waals surface area (Å²) in [6.45, 7) is 5.72. The first-order valence-corrected chi connectivity index (χ1v) is 7.98. The van der Waals surface area contributed by atoms with Crippen LogP contribution in [-0.2, 0) is 14.3 Å². The van der Waals surface area contributed by atoms with Crippen molar-refractivity contribution in [1.29, 1.82) is 0 Å². The summed E-state index contributed by atoms with van der Waals surface area (Å²) in [7, 11) is 3.58. The highest BCUT2D eigenvalue weighted by Gasteiger charge is 2.26. The number of ether oxygens (including phenoxy) is 2. The van der Waals surface area contributed by atoms with Crippen molar-refractivity contribution < 1.29 is 19.1 Å². The molecule has 1 N–H and O–H groups in total. The molecule has 0 aromatic rings. The lowest BCUT2D eigenvalue weighted by Gasteiger charge is -2.34. The molecule has 6 nitrogen and oxygen atoms in total. The van der Waals surface area contributed by atoms with Crippen molar-refractivity contribution in [1.82, 2.24) is 10.2 Å². The Bertz CT molecular complexity index is 371. The van der Waals surface area contributed by atoms with Gasteiger partial charge >= 0.3 is 6.09 Å². The summed E-state index contributed by atoms with van der Waals surface area (Å²) in [6.07, 6.45) is 4.07. The molecular weight excluding hydrogens is 284 g/mol. The van der Waals surface area contributed by atoms with E-state index in [1.807, 2.05) is 32.7 Å². The smallest absolute Gasteiger partial charge is 0.407 e. The van der Waals surface area contributed by atoms with Gasteiger partial charge in [0.15, 0.2) is 0 Å². The van der Waals surface area contributed by atoms with Crippen LogP contribution in [0, 0.1) is 0 Å².